The summed E-state index contributed by atoms with van der Waals surface area (Å²) in [6.07, 6.45) is 0. The SMILES string of the molecule is Fc1[c]cc2ccccc2n1. The van der Waals surface area contributed by atoms with Gasteiger partial charge in [-0.05, 0) is 12.1 Å². The number of benzene rings is 1. The molecular weight excluding hydrogens is 141 g/mol. The lowest BCUT2D eigenvalue weighted by molar-refractivity contribution is 0.587. The number of aromatic nitrogens is 1. The van der Waals surface area contributed by atoms with E-state index in [0.29, 0.717) is 5.52 Å². The van der Waals surface area contributed by atoms with Crippen LogP contribution in [0.25, 0.3) is 10.9 Å². The van der Waals surface area contributed by atoms with Crippen LogP contribution in [0.1, 0.15) is 0 Å². The second-order valence-corrected chi connectivity index (χ2v) is 2.25. The van der Waals surface area contributed by atoms with E-state index in [1.807, 2.05) is 18.2 Å². The predicted molar refractivity (Wildman–Crippen MR) is 40.5 cm³/mol. The van der Waals surface area contributed by atoms with E-state index in [2.05, 4.69) is 11.1 Å². The largest absolute Gasteiger partial charge is 0.221 e. The molecule has 0 saturated carbocycles. The average molecular weight is 146 g/mol. The number of halogens is 1. The van der Waals surface area contributed by atoms with Crippen LogP contribution in [0.2, 0.25) is 0 Å². The van der Waals surface area contributed by atoms with Crippen LogP contribution < -0.4 is 0 Å². The van der Waals surface area contributed by atoms with Gasteiger partial charge in [0.25, 0.3) is 0 Å². The normalized spacial score (nSPS) is 10.3. The molecule has 1 radical (unpaired) electrons. The number of nitrogens with zero attached hydrogens (tertiary/aromatic N) is 1. The minimum Gasteiger partial charge on any atom is -0.219 e. The lowest BCUT2D eigenvalue weighted by atomic mass is 10.2. The fourth-order valence-electron chi connectivity index (χ4n) is 0.987. The summed E-state index contributed by atoms with van der Waals surface area (Å²) < 4.78 is 12.5. The van der Waals surface area contributed by atoms with E-state index in [9.17, 15) is 4.39 Å². The predicted octanol–water partition coefficient (Wildman–Crippen LogP) is 2.17. The van der Waals surface area contributed by atoms with Crippen molar-refractivity contribution in [3.63, 3.8) is 0 Å². The van der Waals surface area contributed by atoms with Crippen molar-refractivity contribution in [2.75, 3.05) is 0 Å². The van der Waals surface area contributed by atoms with Crippen molar-refractivity contribution in [1.82, 2.24) is 4.98 Å². The molecule has 0 atom stereocenters. The third-order valence-electron chi connectivity index (χ3n) is 1.50. The summed E-state index contributed by atoms with van der Waals surface area (Å²) in [5, 5.41) is 0.911. The van der Waals surface area contributed by atoms with Gasteiger partial charge in [0, 0.05) is 11.5 Å². The molecule has 1 nitrogen and oxygen atoms in total. The van der Waals surface area contributed by atoms with E-state index in [0.717, 1.165) is 5.39 Å². The first-order chi connectivity index (χ1) is 5.36. The van der Waals surface area contributed by atoms with Crippen LogP contribution in [-0.4, -0.2) is 4.98 Å². The molecule has 11 heavy (non-hydrogen) atoms. The van der Waals surface area contributed by atoms with Crippen molar-refractivity contribution in [3.8, 4) is 0 Å². The standard InChI is InChI=1S/C9H5FN/c10-9-6-5-7-3-1-2-4-8(7)11-9/h1-5H. The van der Waals surface area contributed by atoms with Crippen LogP contribution >= 0.6 is 0 Å². The third-order valence-corrected chi connectivity index (χ3v) is 1.50. The zero-order valence-corrected chi connectivity index (χ0v) is 5.71. The van der Waals surface area contributed by atoms with Crippen molar-refractivity contribution in [2.24, 2.45) is 0 Å². The van der Waals surface area contributed by atoms with Crippen LogP contribution in [0.4, 0.5) is 4.39 Å². The summed E-state index contributed by atoms with van der Waals surface area (Å²) in [7, 11) is 0. The Bertz CT molecular complexity index is 384. The van der Waals surface area contributed by atoms with Crippen molar-refractivity contribution < 1.29 is 4.39 Å². The van der Waals surface area contributed by atoms with Crippen LogP contribution in [0.5, 0.6) is 0 Å². The van der Waals surface area contributed by atoms with E-state index in [1.165, 1.54) is 0 Å². The number of hydrogen-bond donors (Lipinski definition) is 0. The quantitative estimate of drug-likeness (QED) is 0.519. The smallest absolute Gasteiger partial charge is 0.219 e. The Morgan fingerprint density at radius 2 is 2.09 bits per heavy atom. The second-order valence-electron chi connectivity index (χ2n) is 2.25. The summed E-state index contributed by atoms with van der Waals surface area (Å²) >= 11 is 0. The summed E-state index contributed by atoms with van der Waals surface area (Å²) in [5.41, 5.74) is 0.670. The monoisotopic (exact) mass is 146 g/mol. The Morgan fingerprint density at radius 3 is 3.00 bits per heavy atom. The van der Waals surface area contributed by atoms with E-state index < -0.39 is 5.95 Å². The fourth-order valence-corrected chi connectivity index (χ4v) is 0.987. The molecule has 0 aliphatic carbocycles. The van der Waals surface area contributed by atoms with Gasteiger partial charge in [-0.25, -0.2) is 4.98 Å². The molecule has 1 aromatic carbocycles. The molecule has 0 N–H and O–H groups in total. The molecule has 0 amide bonds. The molecule has 2 aromatic rings. The van der Waals surface area contributed by atoms with Gasteiger partial charge in [0.05, 0.1) is 5.52 Å². The van der Waals surface area contributed by atoms with Crippen LogP contribution in [0.15, 0.2) is 30.3 Å². The molecule has 0 aliphatic rings. The molecule has 2 rings (SSSR count). The number of para-hydroxylation sites is 1. The highest BCUT2D eigenvalue weighted by Crippen LogP contribution is 2.09. The van der Waals surface area contributed by atoms with Crippen LogP contribution in [0, 0.1) is 12.0 Å². The Labute approximate surface area is 63.5 Å². The molecule has 0 unspecified atom stereocenters. The van der Waals surface area contributed by atoms with Gasteiger partial charge in [0.1, 0.15) is 0 Å². The minimum atomic E-state index is -0.552. The van der Waals surface area contributed by atoms with Crippen LogP contribution in [0.3, 0.4) is 0 Å². The molecule has 0 fully saturated rings. The van der Waals surface area contributed by atoms with E-state index in [4.69, 9.17) is 0 Å². The number of pyridine rings is 1. The topological polar surface area (TPSA) is 12.9 Å². The highest BCUT2D eigenvalue weighted by atomic mass is 19.1. The Morgan fingerprint density at radius 1 is 1.27 bits per heavy atom. The third kappa shape index (κ3) is 1.07. The highest BCUT2D eigenvalue weighted by molar-refractivity contribution is 5.77. The molecule has 0 spiro atoms. The zero-order chi connectivity index (χ0) is 7.68. The Hall–Kier alpha value is -1.44. The van der Waals surface area contributed by atoms with E-state index in [1.54, 1.807) is 12.1 Å². The summed E-state index contributed by atoms with van der Waals surface area (Å²) in [6.45, 7) is 0. The van der Waals surface area contributed by atoms with Gasteiger partial charge in [-0.15, -0.1) is 0 Å². The molecule has 0 aliphatic heterocycles. The summed E-state index contributed by atoms with van der Waals surface area (Å²) in [6, 6.07) is 11.3. The van der Waals surface area contributed by atoms with Gasteiger partial charge in [-0.3, -0.25) is 0 Å². The van der Waals surface area contributed by atoms with Gasteiger partial charge >= 0.3 is 0 Å². The van der Waals surface area contributed by atoms with Gasteiger partial charge in [-0.1, -0.05) is 18.2 Å². The van der Waals surface area contributed by atoms with Gasteiger partial charge in [-0.2, -0.15) is 4.39 Å². The molecule has 1 aromatic heterocycles. The molecule has 2 heteroatoms. The van der Waals surface area contributed by atoms with E-state index in [-0.39, 0.29) is 0 Å². The van der Waals surface area contributed by atoms with Crippen molar-refractivity contribution in [1.29, 1.82) is 0 Å². The van der Waals surface area contributed by atoms with E-state index >= 15 is 0 Å². The lowest BCUT2D eigenvalue weighted by Crippen LogP contribution is -1.82. The first-order valence-electron chi connectivity index (χ1n) is 3.29. The summed E-state index contributed by atoms with van der Waals surface area (Å²) in [4.78, 5) is 3.65. The maximum Gasteiger partial charge on any atom is 0.221 e. The molecule has 53 valence electrons. The van der Waals surface area contributed by atoms with Gasteiger partial charge < -0.3 is 0 Å². The first kappa shape index (κ1) is 6.28. The summed E-state index contributed by atoms with van der Waals surface area (Å²) in [5.74, 6) is -0.552. The number of rotatable bonds is 0. The second kappa shape index (κ2) is 2.31. The minimum absolute atomic E-state index is 0.552. The van der Waals surface area contributed by atoms with Crippen molar-refractivity contribution in [3.05, 3.63) is 42.3 Å². The van der Waals surface area contributed by atoms with Crippen LogP contribution in [-0.2, 0) is 0 Å². The molecule has 0 bridgehead atoms. The van der Waals surface area contributed by atoms with Crippen molar-refractivity contribution in [2.45, 2.75) is 0 Å². The Balaban J connectivity index is 2.83. The maximum atomic E-state index is 12.5. The zero-order valence-electron chi connectivity index (χ0n) is 5.71. The van der Waals surface area contributed by atoms with Gasteiger partial charge in [0.2, 0.25) is 5.95 Å². The van der Waals surface area contributed by atoms with Crippen molar-refractivity contribution >= 4 is 10.9 Å². The molecule has 0 saturated heterocycles. The maximum absolute atomic E-state index is 12.5. The fraction of sp³-hybridized carbons (Fsp3) is 0. The van der Waals surface area contributed by atoms with Gasteiger partial charge in [0.15, 0.2) is 0 Å². The number of hydrogen-bond acceptors (Lipinski definition) is 1. The average Bonchev–Trinajstić information content (AvgIpc) is 2.04. The first-order valence-corrected chi connectivity index (χ1v) is 3.29. The number of fused-ring (bicyclic) bond motifs is 1. The molecule has 1 heterocycles. The molecular formula is C9H5FN. The highest BCUT2D eigenvalue weighted by Gasteiger charge is 1.94. The Kier molecular flexibility index (Phi) is 1.32. The lowest BCUT2D eigenvalue weighted by Gasteiger charge is -1.93.